The molecule has 7 heteroatoms. The average Bonchev–Trinajstić information content (AvgIpc) is 3.31. The van der Waals surface area contributed by atoms with E-state index in [0.717, 1.165) is 54.9 Å². The first kappa shape index (κ1) is 23.6. The van der Waals surface area contributed by atoms with Gasteiger partial charge in [-0.2, -0.15) is 0 Å². The number of anilines is 3. The van der Waals surface area contributed by atoms with E-state index in [0.29, 0.717) is 31.0 Å². The van der Waals surface area contributed by atoms with Crippen LogP contribution >= 0.6 is 0 Å². The van der Waals surface area contributed by atoms with Crippen LogP contribution in [0.25, 0.3) is 0 Å². The Kier molecular flexibility index (Phi) is 8.50. The van der Waals surface area contributed by atoms with Crippen LogP contribution in [0.3, 0.4) is 0 Å². The van der Waals surface area contributed by atoms with E-state index in [1.165, 1.54) is 0 Å². The number of nitrogens with zero attached hydrogens (tertiary/aromatic N) is 1. The van der Waals surface area contributed by atoms with E-state index in [4.69, 9.17) is 4.74 Å². The molecule has 1 saturated heterocycles. The maximum atomic E-state index is 13.0. The van der Waals surface area contributed by atoms with Crippen LogP contribution in [0.2, 0.25) is 0 Å². The maximum Gasteiger partial charge on any atom is 0.323 e. The lowest BCUT2D eigenvalue weighted by Crippen LogP contribution is -2.29. The molecule has 0 unspecified atom stereocenters. The smallest absolute Gasteiger partial charge is 0.323 e. The van der Waals surface area contributed by atoms with Gasteiger partial charge in [0.15, 0.2) is 0 Å². The van der Waals surface area contributed by atoms with Gasteiger partial charge in [0.1, 0.15) is 0 Å². The zero-order valence-electron chi connectivity index (χ0n) is 19.3. The summed E-state index contributed by atoms with van der Waals surface area (Å²) < 4.78 is 5.34. The molecule has 1 fully saturated rings. The normalized spacial score (nSPS) is 13.2. The zero-order valence-corrected chi connectivity index (χ0v) is 19.3. The lowest BCUT2D eigenvalue weighted by atomic mass is 10.1. The van der Waals surface area contributed by atoms with Crippen molar-refractivity contribution in [2.45, 2.75) is 40.0 Å². The number of benzene rings is 2. The highest BCUT2D eigenvalue weighted by atomic mass is 16.5. The minimum absolute atomic E-state index is 0.137. The number of aryl methyl sites for hydroxylation is 1. The Hall–Kier alpha value is -3.06. The Labute approximate surface area is 190 Å². The first-order valence-electron chi connectivity index (χ1n) is 11.4. The molecule has 1 aliphatic heterocycles. The third-order valence-electron chi connectivity index (χ3n) is 5.75. The summed E-state index contributed by atoms with van der Waals surface area (Å²) in [4.78, 5) is 27.8. The van der Waals surface area contributed by atoms with E-state index in [9.17, 15) is 9.59 Å². The summed E-state index contributed by atoms with van der Waals surface area (Å²) in [5, 5.41) is 8.74. The van der Waals surface area contributed by atoms with Crippen molar-refractivity contribution in [2.75, 3.05) is 48.4 Å². The molecule has 0 aliphatic carbocycles. The maximum absolute atomic E-state index is 13.0. The highest BCUT2D eigenvalue weighted by Gasteiger charge is 2.20. The summed E-state index contributed by atoms with van der Waals surface area (Å²) in [6, 6.07) is 11.0. The largest absolute Gasteiger partial charge is 0.382 e. The zero-order chi connectivity index (χ0) is 22.9. The van der Waals surface area contributed by atoms with Gasteiger partial charge in [-0.3, -0.25) is 4.79 Å². The predicted octanol–water partition coefficient (Wildman–Crippen LogP) is 4.70. The summed E-state index contributed by atoms with van der Waals surface area (Å²) in [7, 11) is 0. The van der Waals surface area contributed by atoms with Gasteiger partial charge in [-0.05, 0) is 75.4 Å². The molecule has 3 amide bonds. The fourth-order valence-corrected chi connectivity index (χ4v) is 3.82. The van der Waals surface area contributed by atoms with Crippen molar-refractivity contribution in [1.29, 1.82) is 0 Å². The third-order valence-corrected chi connectivity index (χ3v) is 5.75. The number of rotatable bonds is 9. The number of amides is 3. The molecule has 2 aromatic rings. The molecule has 0 aromatic heterocycles. The van der Waals surface area contributed by atoms with Crippen molar-refractivity contribution in [2.24, 2.45) is 0 Å². The molecule has 0 radical (unpaired) electrons. The van der Waals surface area contributed by atoms with Crippen LogP contribution in [0.4, 0.5) is 21.9 Å². The Morgan fingerprint density at radius 2 is 1.84 bits per heavy atom. The number of carbonyl (C=O) groups excluding carboxylic acids is 2. The van der Waals surface area contributed by atoms with Gasteiger partial charge in [-0.25, -0.2) is 4.79 Å². The molecule has 172 valence electrons. The quantitative estimate of drug-likeness (QED) is 0.496. The van der Waals surface area contributed by atoms with Crippen molar-refractivity contribution >= 4 is 29.0 Å². The Balaban J connectivity index is 1.72. The lowest BCUT2D eigenvalue weighted by molar-refractivity contribution is 0.0944. The van der Waals surface area contributed by atoms with Gasteiger partial charge in [-0.15, -0.1) is 0 Å². The number of hydrogen-bond acceptors (Lipinski definition) is 4. The van der Waals surface area contributed by atoms with Crippen LogP contribution in [-0.4, -0.2) is 44.8 Å². The van der Waals surface area contributed by atoms with Crippen molar-refractivity contribution in [1.82, 2.24) is 5.32 Å². The Morgan fingerprint density at radius 3 is 2.59 bits per heavy atom. The van der Waals surface area contributed by atoms with Crippen LogP contribution in [0.15, 0.2) is 36.4 Å². The van der Waals surface area contributed by atoms with Crippen molar-refractivity contribution in [3.8, 4) is 0 Å². The van der Waals surface area contributed by atoms with Crippen LogP contribution in [0.5, 0.6) is 0 Å². The molecule has 1 aliphatic rings. The van der Waals surface area contributed by atoms with E-state index in [2.05, 4.69) is 20.9 Å². The molecule has 0 spiro atoms. The van der Waals surface area contributed by atoms with Crippen molar-refractivity contribution in [3.05, 3.63) is 53.1 Å². The van der Waals surface area contributed by atoms with E-state index >= 15 is 0 Å². The standard InChI is InChI=1S/C25H34N4O3/c1-4-32-16-8-13-26-24(30)21-17-20(11-12-23(21)29-14-5-6-15-29)27-25(31)28-22-10-7-9-18(2)19(22)3/h7,9-12,17H,4-6,8,13-16H2,1-3H3,(H,26,30)(H2,27,28,31). The van der Waals surface area contributed by atoms with Crippen LogP contribution in [-0.2, 0) is 4.74 Å². The number of hydrogen-bond donors (Lipinski definition) is 3. The molecule has 0 saturated carbocycles. The minimum atomic E-state index is -0.337. The molecule has 3 rings (SSSR count). The number of carbonyl (C=O) groups is 2. The highest BCUT2D eigenvalue weighted by Crippen LogP contribution is 2.28. The van der Waals surface area contributed by atoms with Gasteiger partial charge >= 0.3 is 6.03 Å². The Bertz CT molecular complexity index is 939. The minimum Gasteiger partial charge on any atom is -0.382 e. The summed E-state index contributed by atoms with van der Waals surface area (Å²) in [5.74, 6) is -0.137. The molecule has 32 heavy (non-hydrogen) atoms. The highest BCUT2D eigenvalue weighted by molar-refractivity contribution is 6.04. The van der Waals surface area contributed by atoms with E-state index in [1.54, 1.807) is 6.07 Å². The molecule has 7 nitrogen and oxygen atoms in total. The van der Waals surface area contributed by atoms with E-state index < -0.39 is 0 Å². The molecule has 3 N–H and O–H groups in total. The number of urea groups is 1. The van der Waals surface area contributed by atoms with E-state index in [-0.39, 0.29) is 11.9 Å². The average molecular weight is 439 g/mol. The molecular weight excluding hydrogens is 404 g/mol. The van der Waals surface area contributed by atoms with Gasteiger partial charge in [0.2, 0.25) is 0 Å². The molecule has 0 bridgehead atoms. The van der Waals surface area contributed by atoms with Gasteiger partial charge in [0.25, 0.3) is 5.91 Å². The molecule has 1 heterocycles. The van der Waals surface area contributed by atoms with Gasteiger partial charge in [0, 0.05) is 49.9 Å². The molecule has 0 atom stereocenters. The SMILES string of the molecule is CCOCCCNC(=O)c1cc(NC(=O)Nc2cccc(C)c2C)ccc1N1CCCC1. The predicted molar refractivity (Wildman–Crippen MR) is 130 cm³/mol. The van der Waals surface area contributed by atoms with Gasteiger partial charge < -0.3 is 25.6 Å². The third kappa shape index (κ3) is 6.23. The second kappa shape index (κ2) is 11.5. The van der Waals surface area contributed by atoms with Crippen LogP contribution in [0, 0.1) is 13.8 Å². The second-order valence-electron chi connectivity index (χ2n) is 8.06. The van der Waals surface area contributed by atoms with Crippen molar-refractivity contribution in [3.63, 3.8) is 0 Å². The molecular formula is C25H34N4O3. The molecule has 2 aromatic carbocycles. The summed E-state index contributed by atoms with van der Waals surface area (Å²) >= 11 is 0. The van der Waals surface area contributed by atoms with E-state index in [1.807, 2.05) is 51.1 Å². The second-order valence-corrected chi connectivity index (χ2v) is 8.06. The van der Waals surface area contributed by atoms with Crippen LogP contribution < -0.4 is 20.9 Å². The Morgan fingerprint density at radius 1 is 1.06 bits per heavy atom. The fourth-order valence-electron chi connectivity index (χ4n) is 3.82. The summed E-state index contributed by atoms with van der Waals surface area (Å²) in [5.41, 5.74) is 4.97. The lowest BCUT2D eigenvalue weighted by Gasteiger charge is -2.22. The number of nitrogens with one attached hydrogen (secondary N) is 3. The van der Waals surface area contributed by atoms with Gasteiger partial charge in [-0.1, -0.05) is 12.1 Å². The fraction of sp³-hybridized carbons (Fsp3) is 0.440. The first-order chi connectivity index (χ1) is 15.5. The monoisotopic (exact) mass is 438 g/mol. The summed E-state index contributed by atoms with van der Waals surface area (Å²) in [6.45, 7) is 9.65. The number of ether oxygens (including phenoxy) is 1. The van der Waals surface area contributed by atoms with Crippen LogP contribution in [0.1, 0.15) is 47.7 Å². The topological polar surface area (TPSA) is 82.7 Å². The van der Waals surface area contributed by atoms with Gasteiger partial charge in [0.05, 0.1) is 5.56 Å². The van der Waals surface area contributed by atoms with Crippen molar-refractivity contribution < 1.29 is 14.3 Å². The first-order valence-corrected chi connectivity index (χ1v) is 11.4. The summed E-state index contributed by atoms with van der Waals surface area (Å²) in [6.07, 6.45) is 3.00.